The van der Waals surface area contributed by atoms with Gasteiger partial charge in [-0.2, -0.15) is 0 Å². The summed E-state index contributed by atoms with van der Waals surface area (Å²) in [5.41, 5.74) is 3.78. The number of thioether (sulfide) groups is 1. The lowest BCUT2D eigenvalue weighted by Gasteiger charge is -2.35. The lowest BCUT2D eigenvalue weighted by atomic mass is 10.2. The summed E-state index contributed by atoms with van der Waals surface area (Å²) in [7, 11) is 2.14. The zero-order valence-electron chi connectivity index (χ0n) is 15.5. The summed E-state index contributed by atoms with van der Waals surface area (Å²) in [6, 6.07) is 9.93. The highest BCUT2D eigenvalue weighted by atomic mass is 32.2. The van der Waals surface area contributed by atoms with E-state index in [1.165, 1.54) is 11.8 Å². The van der Waals surface area contributed by atoms with Crippen LogP contribution in [-0.4, -0.2) is 59.8 Å². The van der Waals surface area contributed by atoms with Crippen LogP contribution >= 0.6 is 11.8 Å². The van der Waals surface area contributed by atoms with Crippen molar-refractivity contribution in [2.75, 3.05) is 49.2 Å². The number of rotatable bonds is 5. The average molecular weight is 372 g/mol. The van der Waals surface area contributed by atoms with Crippen LogP contribution in [0, 0.1) is 13.8 Å². The van der Waals surface area contributed by atoms with Crippen molar-refractivity contribution in [1.29, 1.82) is 0 Å². The number of anilines is 2. The van der Waals surface area contributed by atoms with E-state index in [0.717, 1.165) is 48.9 Å². The molecule has 0 bridgehead atoms. The summed E-state index contributed by atoms with van der Waals surface area (Å²) >= 11 is 1.36. The molecule has 138 valence electrons. The van der Waals surface area contributed by atoms with Crippen LogP contribution in [0.3, 0.4) is 0 Å². The largest absolute Gasteiger partial charge is 0.367 e. The molecular weight excluding hydrogens is 346 g/mol. The quantitative estimate of drug-likeness (QED) is 0.644. The normalized spacial score (nSPS) is 15.1. The van der Waals surface area contributed by atoms with Gasteiger partial charge in [0, 0.05) is 37.6 Å². The van der Waals surface area contributed by atoms with Crippen molar-refractivity contribution in [3.63, 3.8) is 0 Å². The molecule has 1 aromatic heterocycles. The fourth-order valence-corrected chi connectivity index (χ4v) is 3.73. The highest BCUT2D eigenvalue weighted by molar-refractivity contribution is 7.99. The molecule has 3 rings (SSSR count). The molecule has 0 aliphatic carbocycles. The zero-order chi connectivity index (χ0) is 18.5. The molecule has 1 saturated heterocycles. The number of nitrogens with zero attached hydrogens (tertiary/aromatic N) is 4. The van der Waals surface area contributed by atoms with Crippen molar-refractivity contribution in [2.45, 2.75) is 19.0 Å². The minimum atomic E-state index is -0.0423. The van der Waals surface area contributed by atoms with E-state index in [1.807, 2.05) is 38.1 Å². The van der Waals surface area contributed by atoms with E-state index in [0.29, 0.717) is 10.9 Å². The standard InChI is InChI=1S/C19H25N5OS/c1-14-12-15(2)21-19(20-14)26-13-18(25)22-16-6-4-5-7-17(16)24-10-8-23(3)9-11-24/h4-7,12H,8-11,13H2,1-3H3,(H,22,25). The van der Waals surface area contributed by atoms with Gasteiger partial charge < -0.3 is 15.1 Å². The van der Waals surface area contributed by atoms with Gasteiger partial charge in [-0.05, 0) is 39.1 Å². The molecule has 1 aromatic carbocycles. The molecule has 26 heavy (non-hydrogen) atoms. The molecule has 2 heterocycles. The van der Waals surface area contributed by atoms with Crippen LogP contribution in [0.25, 0.3) is 0 Å². The average Bonchev–Trinajstić information content (AvgIpc) is 2.61. The number of likely N-dealkylation sites (N-methyl/N-ethyl adjacent to an activating group) is 1. The lowest BCUT2D eigenvalue weighted by Crippen LogP contribution is -2.44. The van der Waals surface area contributed by atoms with Gasteiger partial charge in [0.1, 0.15) is 0 Å². The van der Waals surface area contributed by atoms with Gasteiger partial charge in [0.25, 0.3) is 0 Å². The topological polar surface area (TPSA) is 61.4 Å². The van der Waals surface area contributed by atoms with Crippen molar-refractivity contribution >= 4 is 29.0 Å². The van der Waals surface area contributed by atoms with Gasteiger partial charge in [-0.3, -0.25) is 4.79 Å². The van der Waals surface area contributed by atoms with Gasteiger partial charge in [0.15, 0.2) is 5.16 Å². The molecule has 0 spiro atoms. The number of carbonyl (C=O) groups is 1. The Hall–Kier alpha value is -2.12. The lowest BCUT2D eigenvalue weighted by molar-refractivity contribution is -0.113. The van der Waals surface area contributed by atoms with Crippen LogP contribution in [0.1, 0.15) is 11.4 Å². The number of carbonyl (C=O) groups excluding carboxylic acids is 1. The number of aryl methyl sites for hydroxylation is 2. The van der Waals surface area contributed by atoms with Crippen LogP contribution in [-0.2, 0) is 4.79 Å². The van der Waals surface area contributed by atoms with Crippen molar-refractivity contribution in [3.05, 3.63) is 41.7 Å². The molecule has 0 atom stereocenters. The Kier molecular flexibility index (Phi) is 6.11. The van der Waals surface area contributed by atoms with Gasteiger partial charge in [-0.25, -0.2) is 9.97 Å². The Morgan fingerprint density at radius 2 is 1.77 bits per heavy atom. The number of para-hydroxylation sites is 2. The van der Waals surface area contributed by atoms with Gasteiger partial charge in [0.2, 0.25) is 5.91 Å². The fourth-order valence-electron chi connectivity index (χ4n) is 2.98. The number of piperazine rings is 1. The third-order valence-corrected chi connectivity index (χ3v) is 5.16. The van der Waals surface area contributed by atoms with Crippen molar-refractivity contribution in [2.24, 2.45) is 0 Å². The Morgan fingerprint density at radius 3 is 2.46 bits per heavy atom. The summed E-state index contributed by atoms with van der Waals surface area (Å²) in [4.78, 5) is 25.8. The summed E-state index contributed by atoms with van der Waals surface area (Å²) in [5, 5.41) is 3.69. The minimum absolute atomic E-state index is 0.0423. The second-order valence-electron chi connectivity index (χ2n) is 6.58. The number of aromatic nitrogens is 2. The van der Waals surface area contributed by atoms with Gasteiger partial charge in [-0.15, -0.1) is 0 Å². The maximum Gasteiger partial charge on any atom is 0.234 e. The number of hydrogen-bond acceptors (Lipinski definition) is 6. The second kappa shape index (κ2) is 8.51. The highest BCUT2D eigenvalue weighted by Crippen LogP contribution is 2.27. The third-order valence-electron chi connectivity index (χ3n) is 4.32. The molecule has 1 fully saturated rings. The van der Waals surface area contributed by atoms with Crippen LogP contribution in [0.15, 0.2) is 35.5 Å². The van der Waals surface area contributed by atoms with Crippen LogP contribution in [0.4, 0.5) is 11.4 Å². The van der Waals surface area contributed by atoms with Crippen LogP contribution in [0.5, 0.6) is 0 Å². The highest BCUT2D eigenvalue weighted by Gasteiger charge is 2.17. The first kappa shape index (κ1) is 18.7. The number of benzene rings is 1. The predicted molar refractivity (Wildman–Crippen MR) is 107 cm³/mol. The van der Waals surface area contributed by atoms with Gasteiger partial charge in [0.05, 0.1) is 17.1 Å². The molecule has 7 heteroatoms. The Balaban J connectivity index is 1.62. The smallest absolute Gasteiger partial charge is 0.234 e. The maximum atomic E-state index is 12.4. The Labute approximate surface area is 159 Å². The molecule has 0 unspecified atom stereocenters. The first-order valence-corrected chi connectivity index (χ1v) is 9.77. The molecule has 6 nitrogen and oxygen atoms in total. The van der Waals surface area contributed by atoms with Crippen molar-refractivity contribution in [3.8, 4) is 0 Å². The second-order valence-corrected chi connectivity index (χ2v) is 7.52. The van der Waals surface area contributed by atoms with E-state index in [4.69, 9.17) is 0 Å². The summed E-state index contributed by atoms with van der Waals surface area (Å²) < 4.78 is 0. The molecule has 0 radical (unpaired) electrons. The molecule has 0 saturated carbocycles. The summed E-state index contributed by atoms with van der Waals surface area (Å²) in [6.07, 6.45) is 0. The van der Waals surface area contributed by atoms with E-state index >= 15 is 0 Å². The molecule has 1 aliphatic heterocycles. The van der Waals surface area contributed by atoms with Crippen molar-refractivity contribution < 1.29 is 4.79 Å². The van der Waals surface area contributed by atoms with Crippen LogP contribution in [0.2, 0.25) is 0 Å². The van der Waals surface area contributed by atoms with E-state index in [1.54, 1.807) is 0 Å². The van der Waals surface area contributed by atoms with Crippen LogP contribution < -0.4 is 10.2 Å². The van der Waals surface area contributed by atoms with Crippen molar-refractivity contribution in [1.82, 2.24) is 14.9 Å². The zero-order valence-corrected chi connectivity index (χ0v) is 16.3. The van der Waals surface area contributed by atoms with Gasteiger partial charge in [-0.1, -0.05) is 23.9 Å². The fraction of sp³-hybridized carbons (Fsp3) is 0.421. The third kappa shape index (κ3) is 4.95. The maximum absolute atomic E-state index is 12.4. The molecule has 1 aliphatic rings. The monoisotopic (exact) mass is 371 g/mol. The Morgan fingerprint density at radius 1 is 1.12 bits per heavy atom. The Bertz CT molecular complexity index is 754. The predicted octanol–water partition coefficient (Wildman–Crippen LogP) is 2.58. The molecular formula is C19H25N5OS. The van der Waals surface area contributed by atoms with E-state index in [2.05, 4.69) is 38.2 Å². The van der Waals surface area contributed by atoms with E-state index < -0.39 is 0 Å². The summed E-state index contributed by atoms with van der Waals surface area (Å²) in [6.45, 7) is 7.86. The van der Waals surface area contributed by atoms with E-state index in [9.17, 15) is 4.79 Å². The first-order valence-electron chi connectivity index (χ1n) is 8.79. The molecule has 2 aromatic rings. The van der Waals surface area contributed by atoms with E-state index in [-0.39, 0.29) is 5.91 Å². The summed E-state index contributed by atoms with van der Waals surface area (Å²) in [5.74, 6) is 0.249. The van der Waals surface area contributed by atoms with Gasteiger partial charge >= 0.3 is 0 Å². The number of nitrogens with one attached hydrogen (secondary N) is 1. The first-order chi connectivity index (χ1) is 12.5. The number of amides is 1. The minimum Gasteiger partial charge on any atom is -0.367 e. The molecule has 1 N–H and O–H groups in total. The number of hydrogen-bond donors (Lipinski definition) is 1. The molecule has 1 amide bonds. The SMILES string of the molecule is Cc1cc(C)nc(SCC(=O)Nc2ccccc2N2CCN(C)CC2)n1.